The molecule has 0 aliphatic heterocycles. The molecule has 0 atom stereocenters. The minimum absolute atomic E-state index is 0.0952. The number of nitrogens with zero attached hydrogens (tertiary/aromatic N) is 1. The molecule has 17 heavy (non-hydrogen) atoms. The highest BCUT2D eigenvalue weighted by Crippen LogP contribution is 2.27. The average Bonchev–Trinajstić information content (AvgIpc) is 2.32. The van der Waals surface area contributed by atoms with Crippen LogP contribution in [0.25, 0.3) is 0 Å². The van der Waals surface area contributed by atoms with Gasteiger partial charge in [-0.15, -0.1) is 0 Å². The molecule has 1 aromatic heterocycles. The molecular formula is C12H16N2O3. The Labute approximate surface area is 98.9 Å². The van der Waals surface area contributed by atoms with Crippen molar-refractivity contribution < 1.29 is 9.90 Å². The predicted octanol–water partition coefficient (Wildman–Crippen LogP) is 1.63. The number of carboxylic acids is 1. The number of nitrogens with two attached hydrogens (primary N) is 1. The van der Waals surface area contributed by atoms with Crippen molar-refractivity contribution in [1.82, 2.24) is 4.57 Å². The van der Waals surface area contributed by atoms with E-state index in [9.17, 15) is 9.59 Å². The number of hydrogen-bond acceptors (Lipinski definition) is 3. The van der Waals surface area contributed by atoms with Crippen LogP contribution in [-0.2, 0) is 0 Å². The molecule has 1 aromatic rings. The van der Waals surface area contributed by atoms with E-state index >= 15 is 0 Å². The summed E-state index contributed by atoms with van der Waals surface area (Å²) in [5.41, 5.74) is 5.29. The monoisotopic (exact) mass is 236 g/mol. The van der Waals surface area contributed by atoms with Gasteiger partial charge in [0, 0.05) is 17.9 Å². The molecule has 92 valence electrons. The highest BCUT2D eigenvalue weighted by atomic mass is 16.4. The first-order valence-electron chi connectivity index (χ1n) is 5.84. The molecule has 0 radical (unpaired) electrons. The Morgan fingerprint density at radius 3 is 2.59 bits per heavy atom. The number of anilines is 1. The summed E-state index contributed by atoms with van der Waals surface area (Å²) in [5, 5.41) is 8.94. The lowest BCUT2D eigenvalue weighted by molar-refractivity contribution is 0.0694. The average molecular weight is 236 g/mol. The standard InChI is InChI=1S/C12H16N2O3/c13-8-6-10(12(16)17)11(15)14(7-8)9-4-2-1-3-5-9/h6-7,9H,1-5,13H2,(H,16,17). The number of pyridine rings is 1. The van der Waals surface area contributed by atoms with Crippen LogP contribution >= 0.6 is 0 Å². The van der Waals surface area contributed by atoms with E-state index in [1.54, 1.807) is 6.20 Å². The maximum absolute atomic E-state index is 12.0. The van der Waals surface area contributed by atoms with Crippen molar-refractivity contribution in [3.63, 3.8) is 0 Å². The second-order valence-electron chi connectivity index (χ2n) is 4.50. The summed E-state index contributed by atoms with van der Waals surface area (Å²) < 4.78 is 1.50. The quantitative estimate of drug-likeness (QED) is 0.817. The zero-order chi connectivity index (χ0) is 12.4. The van der Waals surface area contributed by atoms with E-state index < -0.39 is 11.5 Å². The fraction of sp³-hybridized carbons (Fsp3) is 0.500. The molecule has 0 saturated heterocycles. The molecule has 3 N–H and O–H groups in total. The summed E-state index contributed by atoms with van der Waals surface area (Å²) in [7, 11) is 0. The number of rotatable bonds is 2. The third-order valence-electron chi connectivity index (χ3n) is 3.26. The van der Waals surface area contributed by atoms with Crippen LogP contribution in [0.1, 0.15) is 48.5 Å². The molecule has 0 amide bonds. The molecule has 1 saturated carbocycles. The predicted molar refractivity (Wildman–Crippen MR) is 64.2 cm³/mol. The van der Waals surface area contributed by atoms with E-state index in [0.717, 1.165) is 25.7 Å². The van der Waals surface area contributed by atoms with Crippen molar-refractivity contribution in [3.8, 4) is 0 Å². The fourth-order valence-electron chi connectivity index (χ4n) is 2.41. The Morgan fingerprint density at radius 2 is 2.00 bits per heavy atom. The van der Waals surface area contributed by atoms with Gasteiger partial charge in [-0.05, 0) is 18.9 Å². The lowest BCUT2D eigenvalue weighted by Gasteiger charge is -2.24. The van der Waals surface area contributed by atoms with E-state index in [2.05, 4.69) is 0 Å². The van der Waals surface area contributed by atoms with E-state index in [4.69, 9.17) is 10.8 Å². The van der Waals surface area contributed by atoms with Gasteiger partial charge >= 0.3 is 5.97 Å². The van der Waals surface area contributed by atoms with E-state index in [0.29, 0.717) is 5.69 Å². The Balaban J connectivity index is 2.46. The molecule has 1 aliphatic rings. The molecular weight excluding hydrogens is 220 g/mol. The molecule has 0 unspecified atom stereocenters. The summed E-state index contributed by atoms with van der Waals surface area (Å²) in [5.74, 6) is -1.22. The first-order valence-corrected chi connectivity index (χ1v) is 5.84. The zero-order valence-electron chi connectivity index (χ0n) is 9.56. The van der Waals surface area contributed by atoms with E-state index in [1.807, 2.05) is 0 Å². The van der Waals surface area contributed by atoms with Crippen LogP contribution in [0.3, 0.4) is 0 Å². The summed E-state index contributed by atoms with van der Waals surface area (Å²) in [6.45, 7) is 0. The van der Waals surface area contributed by atoms with E-state index in [1.165, 1.54) is 17.1 Å². The van der Waals surface area contributed by atoms with Crippen molar-refractivity contribution in [2.24, 2.45) is 0 Å². The summed E-state index contributed by atoms with van der Waals surface area (Å²) in [6, 6.07) is 1.32. The maximum atomic E-state index is 12.0. The van der Waals surface area contributed by atoms with Crippen LogP contribution in [0.2, 0.25) is 0 Å². The molecule has 0 spiro atoms. The third-order valence-corrected chi connectivity index (χ3v) is 3.26. The summed E-state index contributed by atoms with van der Waals surface area (Å²) in [6.07, 6.45) is 6.73. The van der Waals surface area contributed by atoms with Gasteiger partial charge in [0.25, 0.3) is 5.56 Å². The lowest BCUT2D eigenvalue weighted by atomic mass is 9.95. The van der Waals surface area contributed by atoms with Gasteiger partial charge in [0.2, 0.25) is 0 Å². The second kappa shape index (κ2) is 4.61. The van der Waals surface area contributed by atoms with Gasteiger partial charge in [-0.1, -0.05) is 19.3 Å². The van der Waals surface area contributed by atoms with Crippen molar-refractivity contribution in [1.29, 1.82) is 0 Å². The Kier molecular flexibility index (Phi) is 3.17. The van der Waals surface area contributed by atoms with Gasteiger partial charge in [-0.2, -0.15) is 0 Å². The van der Waals surface area contributed by atoms with Gasteiger partial charge in [0.05, 0.1) is 0 Å². The normalized spacial score (nSPS) is 16.9. The molecule has 1 fully saturated rings. The smallest absolute Gasteiger partial charge is 0.341 e. The highest BCUT2D eigenvalue weighted by molar-refractivity contribution is 5.88. The third kappa shape index (κ3) is 2.33. The van der Waals surface area contributed by atoms with E-state index in [-0.39, 0.29) is 11.6 Å². The van der Waals surface area contributed by atoms with Crippen LogP contribution < -0.4 is 11.3 Å². The van der Waals surface area contributed by atoms with Crippen LogP contribution in [0.15, 0.2) is 17.1 Å². The van der Waals surface area contributed by atoms with Crippen LogP contribution in [0, 0.1) is 0 Å². The van der Waals surface area contributed by atoms with Gasteiger partial charge < -0.3 is 15.4 Å². The molecule has 0 aromatic carbocycles. The molecule has 1 aliphatic carbocycles. The van der Waals surface area contributed by atoms with Crippen LogP contribution in [-0.4, -0.2) is 15.6 Å². The summed E-state index contributed by atoms with van der Waals surface area (Å²) in [4.78, 5) is 22.9. The number of nitrogen functional groups attached to an aromatic ring is 1. The number of carbonyl (C=O) groups is 1. The van der Waals surface area contributed by atoms with Gasteiger partial charge in [-0.25, -0.2) is 4.79 Å². The Hall–Kier alpha value is -1.78. The Morgan fingerprint density at radius 1 is 1.35 bits per heavy atom. The second-order valence-corrected chi connectivity index (χ2v) is 4.50. The van der Waals surface area contributed by atoms with Crippen molar-refractivity contribution >= 4 is 11.7 Å². The number of hydrogen-bond donors (Lipinski definition) is 2. The van der Waals surface area contributed by atoms with Gasteiger partial charge in [0.15, 0.2) is 0 Å². The highest BCUT2D eigenvalue weighted by Gasteiger charge is 2.20. The minimum Gasteiger partial charge on any atom is -0.477 e. The number of aromatic nitrogens is 1. The topological polar surface area (TPSA) is 85.3 Å². The molecule has 5 heteroatoms. The zero-order valence-corrected chi connectivity index (χ0v) is 9.56. The lowest BCUT2D eigenvalue weighted by Crippen LogP contribution is -2.30. The first-order chi connectivity index (χ1) is 8.09. The van der Waals surface area contributed by atoms with Gasteiger partial charge in [0.1, 0.15) is 5.56 Å². The number of carboxylic acid groups (broad SMARTS) is 1. The molecule has 5 nitrogen and oxygen atoms in total. The fourth-order valence-corrected chi connectivity index (χ4v) is 2.41. The molecule has 1 heterocycles. The Bertz CT molecular complexity index is 487. The van der Waals surface area contributed by atoms with Crippen molar-refractivity contribution in [2.45, 2.75) is 38.1 Å². The molecule has 0 bridgehead atoms. The minimum atomic E-state index is -1.22. The molecule has 2 rings (SSSR count). The largest absolute Gasteiger partial charge is 0.477 e. The maximum Gasteiger partial charge on any atom is 0.341 e. The van der Waals surface area contributed by atoms with Crippen molar-refractivity contribution in [2.75, 3.05) is 5.73 Å². The summed E-state index contributed by atoms with van der Waals surface area (Å²) >= 11 is 0. The number of aromatic carboxylic acids is 1. The van der Waals surface area contributed by atoms with Crippen LogP contribution in [0.4, 0.5) is 5.69 Å². The van der Waals surface area contributed by atoms with Crippen LogP contribution in [0.5, 0.6) is 0 Å². The SMILES string of the molecule is Nc1cc(C(=O)O)c(=O)n(C2CCCCC2)c1. The first kappa shape index (κ1) is 11.7. The van der Waals surface area contributed by atoms with Gasteiger partial charge in [-0.3, -0.25) is 4.79 Å². The van der Waals surface area contributed by atoms with Crippen molar-refractivity contribution in [3.05, 3.63) is 28.2 Å².